The van der Waals surface area contributed by atoms with Crippen molar-refractivity contribution in [2.45, 2.75) is 119 Å². The highest BCUT2D eigenvalue weighted by Crippen LogP contribution is 2.19. The molecule has 0 radical (unpaired) electrons. The second kappa shape index (κ2) is 15.4. The molecule has 0 aliphatic heterocycles. The second-order valence-corrected chi connectivity index (χ2v) is 11.2. The van der Waals surface area contributed by atoms with Crippen LogP contribution in [0, 0.1) is 0 Å². The lowest BCUT2D eigenvalue weighted by molar-refractivity contribution is 0.729. The third kappa shape index (κ3) is 10.9. The number of hydrogen-bond acceptors (Lipinski definition) is 5. The summed E-state index contributed by atoms with van der Waals surface area (Å²) in [5.41, 5.74) is 6.07. The second-order valence-electron chi connectivity index (χ2n) is 11.2. The molecular weight excluding hydrogens is 442 g/mol. The first kappa shape index (κ1) is 31.3. The monoisotopic (exact) mass is 491 g/mol. The third-order valence-corrected chi connectivity index (χ3v) is 5.81. The smallest absolute Gasteiger partial charge is 0.131 e. The van der Waals surface area contributed by atoms with Crippen LogP contribution in [0.1, 0.15) is 153 Å². The largest absolute Gasteiger partial charge is 0.264 e. The Labute approximate surface area is 220 Å². The lowest BCUT2D eigenvalue weighted by Crippen LogP contribution is -2.01. The van der Waals surface area contributed by atoms with E-state index in [1.807, 2.05) is 24.7 Å². The van der Waals surface area contributed by atoms with Gasteiger partial charge in [-0.15, -0.1) is 0 Å². The van der Waals surface area contributed by atoms with Gasteiger partial charge >= 0.3 is 0 Å². The Balaban J connectivity index is 0.000000270. The van der Waals surface area contributed by atoms with Gasteiger partial charge < -0.3 is 0 Å². The first-order chi connectivity index (χ1) is 16.8. The van der Waals surface area contributed by atoms with Crippen molar-refractivity contribution in [2.75, 3.05) is 0 Å². The van der Waals surface area contributed by atoms with Gasteiger partial charge in [-0.05, 0) is 52.8 Å². The van der Waals surface area contributed by atoms with E-state index in [1.165, 1.54) is 11.1 Å². The van der Waals surface area contributed by atoms with Crippen LogP contribution in [0.15, 0.2) is 43.1 Å². The number of rotatable bonds is 6. The highest BCUT2D eigenvalue weighted by atomic mass is 14.9. The zero-order valence-electron chi connectivity index (χ0n) is 24.7. The number of aromatic nitrogens is 5. The van der Waals surface area contributed by atoms with E-state index < -0.39 is 0 Å². The topological polar surface area (TPSA) is 64.5 Å². The maximum atomic E-state index is 4.46. The molecule has 0 aliphatic rings. The highest BCUT2D eigenvalue weighted by molar-refractivity contribution is 5.22. The SMILES string of the molecule is CC(C)c1cc(C(C)C)ncn1.CC(C)c1ccnc(C(C)C)n1.CC(C)c1cncc(C(C)C)c1. The Hall–Kier alpha value is -2.69. The molecule has 3 aromatic rings. The first-order valence-corrected chi connectivity index (χ1v) is 13.4. The quantitative estimate of drug-likeness (QED) is 0.345. The predicted octanol–water partition coefficient (Wildman–Crippen LogP) is 8.78. The molecule has 0 bridgehead atoms. The van der Waals surface area contributed by atoms with E-state index in [4.69, 9.17) is 0 Å². The molecule has 36 heavy (non-hydrogen) atoms. The number of hydrogen-bond donors (Lipinski definition) is 0. The molecule has 0 N–H and O–H groups in total. The van der Waals surface area contributed by atoms with E-state index in [9.17, 15) is 0 Å². The molecule has 0 aliphatic carbocycles. The summed E-state index contributed by atoms with van der Waals surface area (Å²) in [5, 5.41) is 0. The molecule has 0 amide bonds. The van der Waals surface area contributed by atoms with Gasteiger partial charge in [0, 0.05) is 41.6 Å². The lowest BCUT2D eigenvalue weighted by Gasteiger charge is -2.09. The van der Waals surface area contributed by atoms with Crippen molar-refractivity contribution >= 4 is 0 Å². The molecule has 5 nitrogen and oxygen atoms in total. The molecule has 0 fully saturated rings. The molecule has 0 saturated heterocycles. The normalized spacial score (nSPS) is 11.2. The van der Waals surface area contributed by atoms with E-state index in [2.05, 4.69) is 120 Å². The van der Waals surface area contributed by atoms with E-state index in [0.717, 1.165) is 22.9 Å². The van der Waals surface area contributed by atoms with Crippen LogP contribution in [-0.4, -0.2) is 24.9 Å². The summed E-state index contributed by atoms with van der Waals surface area (Å²) in [6.45, 7) is 25.9. The van der Waals surface area contributed by atoms with Gasteiger partial charge in [-0.1, -0.05) is 89.2 Å². The number of pyridine rings is 1. The van der Waals surface area contributed by atoms with E-state index in [1.54, 1.807) is 6.33 Å². The van der Waals surface area contributed by atoms with E-state index in [-0.39, 0.29) is 0 Å². The van der Waals surface area contributed by atoms with Crippen LogP contribution >= 0.6 is 0 Å². The average Bonchev–Trinajstić information content (AvgIpc) is 2.85. The van der Waals surface area contributed by atoms with Crippen LogP contribution in [0.5, 0.6) is 0 Å². The van der Waals surface area contributed by atoms with Crippen molar-refractivity contribution in [1.82, 2.24) is 24.9 Å². The predicted molar refractivity (Wildman–Crippen MR) is 153 cm³/mol. The van der Waals surface area contributed by atoms with Gasteiger partial charge in [0.2, 0.25) is 0 Å². The van der Waals surface area contributed by atoms with Crippen molar-refractivity contribution < 1.29 is 0 Å². The third-order valence-electron chi connectivity index (χ3n) is 5.81. The molecule has 0 atom stereocenters. The highest BCUT2D eigenvalue weighted by Gasteiger charge is 2.06. The Bertz CT molecular complexity index is 821. The fourth-order valence-electron chi connectivity index (χ4n) is 3.12. The van der Waals surface area contributed by atoms with Gasteiger partial charge in [0.15, 0.2) is 0 Å². The molecule has 0 aromatic carbocycles. The molecule has 3 heterocycles. The molecule has 0 spiro atoms. The standard InChI is InChI=1S/C11H17N.2C10H16N2/c1-8(2)10-5-11(9(3)4)7-12-6-10;1-7(2)9-5-10(8(3)4)12-6-11-9;1-7(2)9-5-6-11-10(12-9)8(3)4/h5-9H,1-4H3;2*5-8H,1-4H3. The zero-order valence-corrected chi connectivity index (χ0v) is 24.7. The van der Waals surface area contributed by atoms with Gasteiger partial charge in [0.05, 0.1) is 0 Å². The molecular formula is C31H49N5. The van der Waals surface area contributed by atoms with Crippen molar-refractivity contribution in [3.63, 3.8) is 0 Å². The van der Waals surface area contributed by atoms with Gasteiger partial charge in [-0.25, -0.2) is 19.9 Å². The van der Waals surface area contributed by atoms with Crippen LogP contribution in [-0.2, 0) is 0 Å². The van der Waals surface area contributed by atoms with Crippen LogP contribution in [0.2, 0.25) is 0 Å². The fourth-order valence-corrected chi connectivity index (χ4v) is 3.12. The first-order valence-electron chi connectivity index (χ1n) is 13.4. The van der Waals surface area contributed by atoms with Crippen LogP contribution in [0.25, 0.3) is 0 Å². The molecule has 198 valence electrons. The summed E-state index contributed by atoms with van der Waals surface area (Å²) in [6.07, 6.45) is 7.41. The summed E-state index contributed by atoms with van der Waals surface area (Å²) >= 11 is 0. The van der Waals surface area contributed by atoms with Gasteiger partial charge in [0.25, 0.3) is 0 Å². The molecule has 3 aromatic heterocycles. The maximum Gasteiger partial charge on any atom is 0.131 e. The average molecular weight is 492 g/mol. The minimum absolute atomic E-state index is 0.420. The van der Waals surface area contributed by atoms with Crippen LogP contribution in [0.4, 0.5) is 0 Å². The summed E-state index contributed by atoms with van der Waals surface area (Å²) < 4.78 is 0. The van der Waals surface area contributed by atoms with Crippen LogP contribution < -0.4 is 0 Å². The Kier molecular flexibility index (Phi) is 13.4. The number of nitrogens with zero attached hydrogens (tertiary/aromatic N) is 5. The van der Waals surface area contributed by atoms with Crippen molar-refractivity contribution in [1.29, 1.82) is 0 Å². The van der Waals surface area contributed by atoms with E-state index >= 15 is 0 Å². The van der Waals surface area contributed by atoms with Gasteiger partial charge in [0.1, 0.15) is 12.2 Å². The van der Waals surface area contributed by atoms with E-state index in [0.29, 0.717) is 35.5 Å². The summed E-state index contributed by atoms with van der Waals surface area (Å²) in [4.78, 5) is 21.3. The molecule has 0 saturated carbocycles. The van der Waals surface area contributed by atoms with Crippen molar-refractivity contribution in [3.8, 4) is 0 Å². The van der Waals surface area contributed by atoms with Gasteiger partial charge in [-0.3, -0.25) is 4.98 Å². The molecule has 5 heteroatoms. The Morgan fingerprint density at radius 3 is 1.36 bits per heavy atom. The summed E-state index contributed by atoms with van der Waals surface area (Å²) in [7, 11) is 0. The Morgan fingerprint density at radius 1 is 0.500 bits per heavy atom. The molecule has 3 rings (SSSR count). The minimum Gasteiger partial charge on any atom is -0.264 e. The minimum atomic E-state index is 0.420. The van der Waals surface area contributed by atoms with Crippen molar-refractivity contribution in [2.24, 2.45) is 0 Å². The summed E-state index contributed by atoms with van der Waals surface area (Å²) in [6, 6.07) is 6.33. The fraction of sp³-hybridized carbons (Fsp3) is 0.581. The summed E-state index contributed by atoms with van der Waals surface area (Å²) in [5.74, 6) is 4.00. The zero-order chi connectivity index (χ0) is 27.4. The molecule has 0 unspecified atom stereocenters. The Morgan fingerprint density at radius 2 is 0.972 bits per heavy atom. The lowest BCUT2D eigenvalue weighted by atomic mass is 9.99. The van der Waals surface area contributed by atoms with Crippen LogP contribution in [0.3, 0.4) is 0 Å². The maximum absolute atomic E-state index is 4.46. The van der Waals surface area contributed by atoms with Gasteiger partial charge in [-0.2, -0.15) is 0 Å². The van der Waals surface area contributed by atoms with Crippen molar-refractivity contribution in [3.05, 3.63) is 77.2 Å².